The van der Waals surface area contributed by atoms with E-state index in [1.807, 2.05) is 43.3 Å². The third-order valence-corrected chi connectivity index (χ3v) is 4.31. The van der Waals surface area contributed by atoms with Crippen LogP contribution in [0.2, 0.25) is 5.02 Å². The number of rotatable bonds is 7. The number of halogens is 1. The summed E-state index contributed by atoms with van der Waals surface area (Å²) in [6, 6.07) is 18.2. The zero-order chi connectivity index (χ0) is 20.6. The number of hydrogen-bond donors (Lipinski definition) is 2. The van der Waals surface area contributed by atoms with Crippen LogP contribution >= 0.6 is 11.6 Å². The van der Waals surface area contributed by atoms with Crippen LogP contribution in [0.15, 0.2) is 65.8 Å². The molecule has 3 aromatic rings. The van der Waals surface area contributed by atoms with Crippen LogP contribution in [0.5, 0.6) is 5.75 Å². The Hall–Kier alpha value is -3.38. The molecule has 148 valence electrons. The summed E-state index contributed by atoms with van der Waals surface area (Å²) in [6.07, 6.45) is 1.21. The summed E-state index contributed by atoms with van der Waals surface area (Å²) in [5.74, 6) is -0.155. The van der Waals surface area contributed by atoms with Crippen molar-refractivity contribution in [1.29, 1.82) is 0 Å². The number of nitrogens with one attached hydrogen (secondary N) is 2. The Labute approximate surface area is 173 Å². The highest BCUT2D eigenvalue weighted by atomic mass is 35.5. The molecular weight excluding hydrogens is 390 g/mol. The minimum atomic E-state index is -0.511. The van der Waals surface area contributed by atoms with Gasteiger partial charge < -0.3 is 10.1 Å². The van der Waals surface area contributed by atoms with E-state index in [0.29, 0.717) is 17.3 Å². The van der Waals surface area contributed by atoms with E-state index in [1.54, 1.807) is 30.5 Å². The molecule has 6 nitrogen and oxygen atoms in total. The van der Waals surface area contributed by atoms with Gasteiger partial charge in [0.25, 0.3) is 0 Å². The van der Waals surface area contributed by atoms with Crippen LogP contribution in [-0.4, -0.2) is 24.6 Å². The van der Waals surface area contributed by atoms with Gasteiger partial charge in [-0.15, -0.1) is 0 Å². The normalized spacial score (nSPS) is 10.8. The van der Waals surface area contributed by atoms with Gasteiger partial charge in [0.05, 0.1) is 12.8 Å². The Morgan fingerprint density at radius 3 is 2.45 bits per heavy atom. The summed E-state index contributed by atoms with van der Waals surface area (Å²) < 4.78 is 5.65. The standard InChI is InChI=1S/C22H20ClN3O3/c1-2-29-20-12-7-15(18-5-3-4-6-19(18)20)14-24-26-22(28)13-21(27)25-17-10-8-16(23)9-11-17/h3-12,14H,2,13H2,1H3,(H,25,27)(H,26,28). The number of benzene rings is 3. The van der Waals surface area contributed by atoms with Crippen LogP contribution in [0.25, 0.3) is 10.8 Å². The van der Waals surface area contributed by atoms with Gasteiger partial charge >= 0.3 is 0 Å². The lowest BCUT2D eigenvalue weighted by atomic mass is 10.0. The van der Waals surface area contributed by atoms with E-state index in [2.05, 4.69) is 15.8 Å². The number of anilines is 1. The first-order valence-electron chi connectivity index (χ1n) is 9.08. The lowest BCUT2D eigenvalue weighted by Crippen LogP contribution is -2.24. The number of ether oxygens (including phenoxy) is 1. The molecule has 0 fully saturated rings. The largest absolute Gasteiger partial charge is 0.493 e. The molecule has 0 saturated heterocycles. The first kappa shape index (κ1) is 20.4. The quantitative estimate of drug-likeness (QED) is 0.345. The highest BCUT2D eigenvalue weighted by Crippen LogP contribution is 2.27. The van der Waals surface area contributed by atoms with Gasteiger partial charge in [0.2, 0.25) is 11.8 Å². The number of carbonyl (C=O) groups excluding carboxylic acids is 2. The van der Waals surface area contributed by atoms with Crippen molar-refractivity contribution >= 4 is 46.1 Å². The van der Waals surface area contributed by atoms with Gasteiger partial charge in [-0.1, -0.05) is 35.9 Å². The van der Waals surface area contributed by atoms with E-state index in [9.17, 15) is 9.59 Å². The Kier molecular flexibility index (Phi) is 6.81. The van der Waals surface area contributed by atoms with Crippen LogP contribution in [0.3, 0.4) is 0 Å². The summed E-state index contributed by atoms with van der Waals surface area (Å²) in [7, 11) is 0. The van der Waals surface area contributed by atoms with E-state index in [1.165, 1.54) is 0 Å². The minimum absolute atomic E-state index is 0.343. The second-order valence-corrected chi connectivity index (χ2v) is 6.59. The molecule has 0 aliphatic carbocycles. The van der Waals surface area contributed by atoms with Crippen LogP contribution in [0, 0.1) is 0 Å². The summed E-state index contributed by atoms with van der Waals surface area (Å²) in [4.78, 5) is 23.9. The molecular formula is C22H20ClN3O3. The molecule has 0 aromatic heterocycles. The third-order valence-electron chi connectivity index (χ3n) is 4.06. The van der Waals surface area contributed by atoms with Crippen molar-refractivity contribution < 1.29 is 14.3 Å². The zero-order valence-electron chi connectivity index (χ0n) is 15.8. The van der Waals surface area contributed by atoms with Crippen LogP contribution < -0.4 is 15.5 Å². The molecule has 0 heterocycles. The number of carbonyl (C=O) groups is 2. The van der Waals surface area contributed by atoms with Gasteiger partial charge in [-0.3, -0.25) is 9.59 Å². The number of fused-ring (bicyclic) bond motifs is 1. The van der Waals surface area contributed by atoms with Gasteiger partial charge in [-0.2, -0.15) is 5.10 Å². The lowest BCUT2D eigenvalue weighted by Gasteiger charge is -2.09. The molecule has 0 atom stereocenters. The highest BCUT2D eigenvalue weighted by molar-refractivity contribution is 6.30. The summed E-state index contributed by atoms with van der Waals surface area (Å²) in [5, 5.41) is 9.09. The average molecular weight is 410 g/mol. The first-order valence-corrected chi connectivity index (χ1v) is 9.46. The van der Waals surface area contributed by atoms with Gasteiger partial charge in [0, 0.05) is 21.7 Å². The molecule has 0 saturated carbocycles. The van der Waals surface area contributed by atoms with Crippen molar-refractivity contribution in [1.82, 2.24) is 5.43 Å². The van der Waals surface area contributed by atoms with E-state index in [0.717, 1.165) is 22.1 Å². The Morgan fingerprint density at radius 1 is 1.00 bits per heavy atom. The van der Waals surface area contributed by atoms with Crippen molar-refractivity contribution in [3.05, 3.63) is 71.2 Å². The fraction of sp³-hybridized carbons (Fsp3) is 0.136. The molecule has 0 unspecified atom stereocenters. The maximum absolute atomic E-state index is 12.0. The van der Waals surface area contributed by atoms with E-state index in [4.69, 9.17) is 16.3 Å². The Bertz CT molecular complexity index is 1050. The average Bonchev–Trinajstić information content (AvgIpc) is 2.71. The summed E-state index contributed by atoms with van der Waals surface area (Å²) >= 11 is 5.80. The minimum Gasteiger partial charge on any atom is -0.493 e. The SMILES string of the molecule is CCOc1ccc(C=NNC(=O)CC(=O)Nc2ccc(Cl)cc2)c2ccccc12. The van der Waals surface area contributed by atoms with E-state index in [-0.39, 0.29) is 6.42 Å². The molecule has 3 aromatic carbocycles. The number of hydrogen-bond acceptors (Lipinski definition) is 4. The molecule has 2 amide bonds. The summed E-state index contributed by atoms with van der Waals surface area (Å²) in [5.41, 5.74) is 3.77. The fourth-order valence-corrected chi connectivity index (χ4v) is 2.91. The molecule has 0 bridgehead atoms. The van der Waals surface area contributed by atoms with Gasteiger partial charge in [-0.05, 0) is 48.7 Å². The molecule has 0 radical (unpaired) electrons. The first-order chi connectivity index (χ1) is 14.1. The second-order valence-electron chi connectivity index (χ2n) is 6.16. The maximum atomic E-state index is 12.0. The van der Waals surface area contributed by atoms with Gasteiger partial charge in [-0.25, -0.2) is 5.43 Å². The molecule has 29 heavy (non-hydrogen) atoms. The topological polar surface area (TPSA) is 79.8 Å². The lowest BCUT2D eigenvalue weighted by molar-refractivity contribution is -0.126. The summed E-state index contributed by atoms with van der Waals surface area (Å²) in [6.45, 7) is 2.51. The van der Waals surface area contributed by atoms with Crippen LogP contribution in [0.4, 0.5) is 5.69 Å². The number of nitrogens with zero attached hydrogens (tertiary/aromatic N) is 1. The maximum Gasteiger partial charge on any atom is 0.249 e. The molecule has 2 N–H and O–H groups in total. The van der Waals surface area contributed by atoms with Crippen LogP contribution in [-0.2, 0) is 9.59 Å². The zero-order valence-corrected chi connectivity index (χ0v) is 16.6. The Morgan fingerprint density at radius 2 is 1.72 bits per heavy atom. The molecule has 7 heteroatoms. The molecule has 0 spiro atoms. The van der Waals surface area contributed by atoms with Gasteiger partial charge in [0.1, 0.15) is 12.2 Å². The van der Waals surface area contributed by atoms with Crippen molar-refractivity contribution in [2.45, 2.75) is 13.3 Å². The molecule has 0 aliphatic rings. The van der Waals surface area contributed by atoms with Crippen molar-refractivity contribution in [2.24, 2.45) is 5.10 Å². The fourth-order valence-electron chi connectivity index (χ4n) is 2.79. The van der Waals surface area contributed by atoms with E-state index < -0.39 is 11.8 Å². The second kappa shape index (κ2) is 9.71. The molecule has 3 rings (SSSR count). The number of hydrazone groups is 1. The van der Waals surface area contributed by atoms with E-state index >= 15 is 0 Å². The molecule has 0 aliphatic heterocycles. The monoisotopic (exact) mass is 409 g/mol. The van der Waals surface area contributed by atoms with Gasteiger partial charge in [0.15, 0.2) is 0 Å². The third kappa shape index (κ3) is 5.56. The predicted octanol–water partition coefficient (Wildman–Crippen LogP) is 4.37. The number of amides is 2. The van der Waals surface area contributed by atoms with Crippen LogP contribution in [0.1, 0.15) is 18.9 Å². The van der Waals surface area contributed by atoms with Crippen molar-refractivity contribution in [3.8, 4) is 5.75 Å². The highest BCUT2D eigenvalue weighted by Gasteiger charge is 2.09. The van der Waals surface area contributed by atoms with Crippen molar-refractivity contribution in [2.75, 3.05) is 11.9 Å². The van der Waals surface area contributed by atoms with Crippen molar-refractivity contribution in [3.63, 3.8) is 0 Å². The Balaban J connectivity index is 1.60. The predicted molar refractivity (Wildman–Crippen MR) is 116 cm³/mol. The smallest absolute Gasteiger partial charge is 0.249 e.